The molecule has 1 aromatic carbocycles. The van der Waals surface area contributed by atoms with Crippen molar-refractivity contribution in [1.82, 2.24) is 0 Å². The van der Waals surface area contributed by atoms with E-state index >= 15 is 0 Å². The van der Waals surface area contributed by atoms with Crippen LogP contribution in [0.25, 0.3) is 0 Å². The number of halogens is 2. The van der Waals surface area contributed by atoms with Crippen LogP contribution in [0.1, 0.15) is 37.7 Å². The van der Waals surface area contributed by atoms with Gasteiger partial charge in [-0.1, -0.05) is 19.3 Å². The molecule has 3 nitrogen and oxygen atoms in total. The Morgan fingerprint density at radius 1 is 1.30 bits per heavy atom. The molecule has 0 amide bonds. The molecule has 112 valence electrons. The van der Waals surface area contributed by atoms with Gasteiger partial charge in [0.15, 0.2) is 0 Å². The first-order chi connectivity index (χ1) is 9.37. The number of nitrogens with one attached hydrogen (secondary N) is 1. The normalized spacial score (nSPS) is 17.1. The molecule has 1 aromatic rings. The largest absolute Gasteiger partial charge is 0.283 e. The smallest absolute Gasteiger partial charge is 0.233 e. The molecule has 6 heteroatoms. The minimum absolute atomic E-state index is 0.129. The summed E-state index contributed by atoms with van der Waals surface area (Å²) in [5, 5.41) is 0. The second-order valence-electron chi connectivity index (χ2n) is 5.47. The van der Waals surface area contributed by atoms with Gasteiger partial charge in [0.05, 0.1) is 15.9 Å². The van der Waals surface area contributed by atoms with Gasteiger partial charge in [-0.15, -0.1) is 0 Å². The van der Waals surface area contributed by atoms with Gasteiger partial charge < -0.3 is 0 Å². The molecule has 0 atom stereocenters. The number of anilines is 1. The van der Waals surface area contributed by atoms with Crippen molar-refractivity contribution < 1.29 is 12.8 Å². The Morgan fingerprint density at radius 3 is 2.60 bits per heavy atom. The van der Waals surface area contributed by atoms with E-state index in [9.17, 15) is 12.8 Å². The highest BCUT2D eigenvalue weighted by Crippen LogP contribution is 2.27. The number of hydrogen-bond donors (Lipinski definition) is 1. The van der Waals surface area contributed by atoms with Crippen molar-refractivity contribution in [1.29, 1.82) is 0 Å². The molecule has 1 saturated carbocycles. The van der Waals surface area contributed by atoms with E-state index in [1.165, 1.54) is 12.5 Å². The fourth-order valence-electron chi connectivity index (χ4n) is 2.63. The van der Waals surface area contributed by atoms with Crippen LogP contribution in [0, 0.1) is 18.7 Å². The highest BCUT2D eigenvalue weighted by Gasteiger charge is 2.22. The van der Waals surface area contributed by atoms with Gasteiger partial charge in [-0.25, -0.2) is 12.8 Å². The van der Waals surface area contributed by atoms with E-state index in [1.807, 2.05) is 0 Å². The maximum Gasteiger partial charge on any atom is 0.233 e. The second kappa shape index (κ2) is 6.43. The van der Waals surface area contributed by atoms with Crippen molar-refractivity contribution in [2.45, 2.75) is 39.0 Å². The summed E-state index contributed by atoms with van der Waals surface area (Å²) in [4.78, 5) is 0. The number of aryl methyl sites for hydroxylation is 1. The summed E-state index contributed by atoms with van der Waals surface area (Å²) >= 11 is 3.09. The van der Waals surface area contributed by atoms with Crippen LogP contribution in [0.3, 0.4) is 0 Å². The maximum absolute atomic E-state index is 13.5. The molecular formula is C14H19BrFNO2S. The molecular weight excluding hydrogens is 345 g/mol. The Hall–Kier alpha value is -0.620. The van der Waals surface area contributed by atoms with Crippen LogP contribution in [-0.4, -0.2) is 14.2 Å². The van der Waals surface area contributed by atoms with Gasteiger partial charge in [0, 0.05) is 0 Å². The lowest BCUT2D eigenvalue weighted by Crippen LogP contribution is -2.24. The lowest BCUT2D eigenvalue weighted by atomic mass is 9.91. The zero-order valence-electron chi connectivity index (χ0n) is 11.5. The van der Waals surface area contributed by atoms with Gasteiger partial charge >= 0.3 is 0 Å². The van der Waals surface area contributed by atoms with Crippen LogP contribution in [0.4, 0.5) is 10.1 Å². The van der Waals surface area contributed by atoms with Gasteiger partial charge in [0.25, 0.3) is 0 Å². The molecule has 0 radical (unpaired) electrons. The number of rotatable bonds is 4. The van der Waals surface area contributed by atoms with E-state index in [-0.39, 0.29) is 11.7 Å². The summed E-state index contributed by atoms with van der Waals surface area (Å²) in [6.07, 6.45) is 5.34. The lowest BCUT2D eigenvalue weighted by molar-refractivity contribution is 0.385. The number of benzene rings is 1. The Balaban J connectivity index is 2.09. The summed E-state index contributed by atoms with van der Waals surface area (Å²) < 4.78 is 40.7. The van der Waals surface area contributed by atoms with Crippen LogP contribution >= 0.6 is 15.9 Å². The summed E-state index contributed by atoms with van der Waals surface area (Å²) in [5.74, 6) is -0.114. The van der Waals surface area contributed by atoms with Crippen molar-refractivity contribution in [2.75, 3.05) is 10.5 Å². The highest BCUT2D eigenvalue weighted by molar-refractivity contribution is 9.10. The van der Waals surface area contributed by atoms with Crippen LogP contribution in [0.5, 0.6) is 0 Å². The summed E-state index contributed by atoms with van der Waals surface area (Å²) in [5.41, 5.74) is 1.02. The molecule has 1 N–H and O–H groups in total. The summed E-state index contributed by atoms with van der Waals surface area (Å²) in [6, 6.07) is 2.80. The molecule has 2 rings (SSSR count). The van der Waals surface area contributed by atoms with Gasteiger partial charge in [-0.05, 0) is 59.3 Å². The average Bonchev–Trinajstić information content (AvgIpc) is 2.36. The average molecular weight is 364 g/mol. The molecule has 0 spiro atoms. The predicted molar refractivity (Wildman–Crippen MR) is 82.8 cm³/mol. The van der Waals surface area contributed by atoms with Crippen molar-refractivity contribution in [3.8, 4) is 0 Å². The molecule has 20 heavy (non-hydrogen) atoms. The number of sulfonamides is 1. The molecule has 1 aliphatic carbocycles. The molecule has 0 aromatic heterocycles. The molecule has 0 saturated heterocycles. The first kappa shape index (κ1) is 15.8. The van der Waals surface area contributed by atoms with Gasteiger partial charge in [-0.2, -0.15) is 0 Å². The van der Waals surface area contributed by atoms with E-state index in [2.05, 4.69) is 20.7 Å². The fourth-order valence-corrected chi connectivity index (χ4v) is 4.68. The fraction of sp³-hybridized carbons (Fsp3) is 0.571. The van der Waals surface area contributed by atoms with E-state index in [1.54, 1.807) is 13.0 Å². The molecule has 0 bridgehead atoms. The van der Waals surface area contributed by atoms with Gasteiger partial charge in [0.2, 0.25) is 10.0 Å². The first-order valence-corrected chi connectivity index (χ1v) is 9.28. The molecule has 0 heterocycles. The van der Waals surface area contributed by atoms with E-state index in [0.717, 1.165) is 25.7 Å². The quantitative estimate of drug-likeness (QED) is 0.870. The standard InChI is InChI=1S/C14H19BrFNO2S/c1-10-7-12(15)13(16)8-14(10)17-20(18,19)9-11-5-3-2-4-6-11/h7-8,11,17H,2-6,9H2,1H3. The zero-order valence-corrected chi connectivity index (χ0v) is 13.9. The van der Waals surface area contributed by atoms with E-state index in [4.69, 9.17) is 0 Å². The molecule has 1 aliphatic rings. The van der Waals surface area contributed by atoms with Crippen molar-refractivity contribution >= 4 is 31.6 Å². The lowest BCUT2D eigenvalue weighted by Gasteiger charge is -2.22. The zero-order chi connectivity index (χ0) is 14.8. The SMILES string of the molecule is Cc1cc(Br)c(F)cc1NS(=O)(=O)CC1CCCCC1. The molecule has 0 unspecified atom stereocenters. The second-order valence-corrected chi connectivity index (χ2v) is 8.09. The van der Waals surface area contributed by atoms with Gasteiger partial charge in [0.1, 0.15) is 5.82 Å². The van der Waals surface area contributed by atoms with Crippen molar-refractivity contribution in [3.63, 3.8) is 0 Å². The Bertz CT molecular complexity index is 583. The summed E-state index contributed by atoms with van der Waals surface area (Å²) in [6.45, 7) is 1.75. The first-order valence-electron chi connectivity index (χ1n) is 6.83. The minimum Gasteiger partial charge on any atom is -0.283 e. The Labute approximate surface area is 128 Å². The third-order valence-corrected chi connectivity index (χ3v) is 5.76. The van der Waals surface area contributed by atoms with Crippen LogP contribution < -0.4 is 4.72 Å². The Morgan fingerprint density at radius 2 is 1.95 bits per heavy atom. The third-order valence-electron chi connectivity index (χ3n) is 3.71. The highest BCUT2D eigenvalue weighted by atomic mass is 79.9. The van der Waals surface area contributed by atoms with Gasteiger partial charge in [-0.3, -0.25) is 4.72 Å². The molecule has 1 fully saturated rings. The van der Waals surface area contributed by atoms with Crippen molar-refractivity contribution in [3.05, 3.63) is 28.0 Å². The molecule has 0 aliphatic heterocycles. The monoisotopic (exact) mass is 363 g/mol. The maximum atomic E-state index is 13.5. The van der Waals surface area contributed by atoms with Crippen LogP contribution in [0.2, 0.25) is 0 Å². The minimum atomic E-state index is -3.42. The van der Waals surface area contributed by atoms with Crippen molar-refractivity contribution in [2.24, 2.45) is 5.92 Å². The Kier molecular flexibility index (Phi) is 5.07. The topological polar surface area (TPSA) is 46.2 Å². The van der Waals surface area contributed by atoms with Crippen LogP contribution in [-0.2, 0) is 10.0 Å². The van der Waals surface area contributed by atoms with E-state index in [0.29, 0.717) is 15.7 Å². The summed E-state index contributed by atoms with van der Waals surface area (Å²) in [7, 11) is -3.42. The van der Waals surface area contributed by atoms with Crippen LogP contribution in [0.15, 0.2) is 16.6 Å². The van der Waals surface area contributed by atoms with E-state index < -0.39 is 15.8 Å². The predicted octanol–water partition coefficient (Wildman–Crippen LogP) is 4.22. The third kappa shape index (κ3) is 4.19. The number of hydrogen-bond acceptors (Lipinski definition) is 2.